The number of rotatable bonds is 6. The Morgan fingerprint density at radius 1 is 1.56 bits per heavy atom. The Morgan fingerprint density at radius 3 is 2.72 bits per heavy atom. The number of sulfonamides is 1. The van der Waals surface area contributed by atoms with Crippen molar-refractivity contribution in [2.24, 2.45) is 0 Å². The summed E-state index contributed by atoms with van der Waals surface area (Å²) in [5.74, 6) is -1.21. The normalized spacial score (nSPS) is 13.2. The Hall–Kier alpha value is -1.18. The molecule has 2 N–H and O–H groups in total. The van der Waals surface area contributed by atoms with E-state index in [9.17, 15) is 13.2 Å². The van der Waals surface area contributed by atoms with Gasteiger partial charge in [0.05, 0.1) is 5.02 Å². The molecule has 1 aromatic rings. The molecule has 1 rings (SSSR count). The second kappa shape index (κ2) is 6.12. The zero-order chi connectivity index (χ0) is 13.8. The van der Waals surface area contributed by atoms with E-state index < -0.39 is 22.0 Å². The average molecular weight is 293 g/mol. The number of halogens is 1. The second-order valence-electron chi connectivity index (χ2n) is 3.64. The van der Waals surface area contributed by atoms with E-state index in [0.717, 1.165) is 6.20 Å². The van der Waals surface area contributed by atoms with Gasteiger partial charge in [-0.3, -0.25) is 9.78 Å². The zero-order valence-electron chi connectivity index (χ0n) is 9.63. The van der Waals surface area contributed by atoms with E-state index in [0.29, 0.717) is 6.42 Å². The lowest BCUT2D eigenvalue weighted by Crippen LogP contribution is -2.40. The first-order valence-corrected chi connectivity index (χ1v) is 7.08. The lowest BCUT2D eigenvalue weighted by atomic mass is 10.2. The first-order valence-electron chi connectivity index (χ1n) is 5.22. The van der Waals surface area contributed by atoms with Crippen molar-refractivity contribution in [1.82, 2.24) is 9.71 Å². The molecule has 0 aromatic carbocycles. The molecule has 0 aliphatic heterocycles. The maximum Gasteiger partial charge on any atom is 0.321 e. The summed E-state index contributed by atoms with van der Waals surface area (Å²) >= 11 is 5.64. The van der Waals surface area contributed by atoms with Crippen LogP contribution in [-0.4, -0.2) is 30.5 Å². The minimum Gasteiger partial charge on any atom is -0.480 e. The fourth-order valence-electron chi connectivity index (χ4n) is 1.32. The lowest BCUT2D eigenvalue weighted by Gasteiger charge is -2.13. The molecule has 0 spiro atoms. The topological polar surface area (TPSA) is 96.4 Å². The van der Waals surface area contributed by atoms with Crippen molar-refractivity contribution in [3.8, 4) is 0 Å². The quantitative estimate of drug-likeness (QED) is 0.823. The number of nitrogens with one attached hydrogen (secondary N) is 1. The van der Waals surface area contributed by atoms with Gasteiger partial charge in [-0.15, -0.1) is 0 Å². The van der Waals surface area contributed by atoms with Gasteiger partial charge in [-0.25, -0.2) is 8.42 Å². The zero-order valence-corrected chi connectivity index (χ0v) is 11.2. The highest BCUT2D eigenvalue weighted by molar-refractivity contribution is 7.89. The van der Waals surface area contributed by atoms with E-state index in [1.54, 1.807) is 6.92 Å². The van der Waals surface area contributed by atoms with Crippen LogP contribution in [0.25, 0.3) is 0 Å². The molecule has 0 aliphatic rings. The molecule has 1 heterocycles. The van der Waals surface area contributed by atoms with Crippen LogP contribution >= 0.6 is 11.6 Å². The third-order valence-electron chi connectivity index (χ3n) is 2.16. The maximum absolute atomic E-state index is 11.9. The monoisotopic (exact) mass is 292 g/mol. The van der Waals surface area contributed by atoms with Gasteiger partial charge in [0.15, 0.2) is 0 Å². The minimum atomic E-state index is -3.93. The number of hydrogen-bond donors (Lipinski definition) is 2. The summed E-state index contributed by atoms with van der Waals surface area (Å²) in [6.45, 7) is 1.77. The van der Waals surface area contributed by atoms with E-state index in [2.05, 4.69) is 9.71 Å². The molecular formula is C10H13ClN2O4S. The van der Waals surface area contributed by atoms with Gasteiger partial charge in [0.25, 0.3) is 0 Å². The molecule has 0 saturated heterocycles. The van der Waals surface area contributed by atoms with E-state index in [1.807, 2.05) is 0 Å². The van der Waals surface area contributed by atoms with Crippen molar-refractivity contribution in [1.29, 1.82) is 0 Å². The number of nitrogens with zero attached hydrogens (tertiary/aromatic N) is 1. The molecule has 0 saturated carbocycles. The molecule has 0 aliphatic carbocycles. The molecule has 0 fully saturated rings. The van der Waals surface area contributed by atoms with Gasteiger partial charge in [0, 0.05) is 12.4 Å². The summed E-state index contributed by atoms with van der Waals surface area (Å²) < 4.78 is 25.9. The van der Waals surface area contributed by atoms with E-state index >= 15 is 0 Å². The van der Waals surface area contributed by atoms with Gasteiger partial charge in [-0.2, -0.15) is 4.72 Å². The SMILES string of the molecule is CCCC(NS(=O)(=O)c1cncc(Cl)c1)C(=O)O. The number of pyridine rings is 1. The first-order chi connectivity index (χ1) is 8.36. The van der Waals surface area contributed by atoms with Crippen LogP contribution in [0.15, 0.2) is 23.4 Å². The smallest absolute Gasteiger partial charge is 0.321 e. The molecule has 18 heavy (non-hydrogen) atoms. The summed E-state index contributed by atoms with van der Waals surface area (Å²) in [7, 11) is -3.93. The number of carboxylic acid groups (broad SMARTS) is 1. The van der Waals surface area contributed by atoms with Crippen LogP contribution in [0.1, 0.15) is 19.8 Å². The van der Waals surface area contributed by atoms with E-state index in [4.69, 9.17) is 16.7 Å². The van der Waals surface area contributed by atoms with Gasteiger partial charge in [-0.1, -0.05) is 24.9 Å². The van der Waals surface area contributed by atoms with Crippen LogP contribution in [0.5, 0.6) is 0 Å². The number of aromatic nitrogens is 1. The third-order valence-corrected chi connectivity index (χ3v) is 3.81. The molecule has 0 amide bonds. The second-order valence-corrected chi connectivity index (χ2v) is 5.79. The van der Waals surface area contributed by atoms with Crippen LogP contribution < -0.4 is 4.72 Å². The third kappa shape index (κ3) is 3.94. The summed E-state index contributed by atoms with van der Waals surface area (Å²) in [5, 5.41) is 9.07. The summed E-state index contributed by atoms with van der Waals surface area (Å²) in [6, 6.07) is 0.0563. The van der Waals surface area contributed by atoms with Crippen molar-refractivity contribution in [2.45, 2.75) is 30.7 Å². The van der Waals surface area contributed by atoms with Gasteiger partial charge in [0.1, 0.15) is 10.9 Å². The van der Waals surface area contributed by atoms with Crippen LogP contribution in [0.4, 0.5) is 0 Å². The van der Waals surface area contributed by atoms with E-state index in [1.165, 1.54) is 12.3 Å². The van der Waals surface area contributed by atoms with Crippen LogP contribution in [-0.2, 0) is 14.8 Å². The van der Waals surface area contributed by atoms with Gasteiger partial charge in [-0.05, 0) is 12.5 Å². The van der Waals surface area contributed by atoms with Crippen molar-refractivity contribution < 1.29 is 18.3 Å². The minimum absolute atomic E-state index is 0.155. The average Bonchev–Trinajstić information content (AvgIpc) is 2.28. The molecule has 1 aromatic heterocycles. The largest absolute Gasteiger partial charge is 0.480 e. The Kier molecular flexibility index (Phi) is 5.06. The van der Waals surface area contributed by atoms with Crippen molar-refractivity contribution in [3.63, 3.8) is 0 Å². The van der Waals surface area contributed by atoms with Crippen molar-refractivity contribution in [3.05, 3.63) is 23.5 Å². The van der Waals surface area contributed by atoms with Crippen LogP contribution in [0, 0.1) is 0 Å². The molecule has 1 unspecified atom stereocenters. The summed E-state index contributed by atoms with van der Waals surface area (Å²) in [5.41, 5.74) is 0. The molecule has 1 atom stereocenters. The van der Waals surface area contributed by atoms with Crippen LogP contribution in [0.3, 0.4) is 0 Å². The molecule has 100 valence electrons. The molecule has 0 bridgehead atoms. The predicted molar refractivity (Wildman–Crippen MR) is 65.9 cm³/mol. The Labute approximate surface area is 110 Å². The van der Waals surface area contributed by atoms with Gasteiger partial charge in [0.2, 0.25) is 10.0 Å². The Bertz CT molecular complexity index is 532. The van der Waals surface area contributed by atoms with Gasteiger partial charge >= 0.3 is 5.97 Å². The number of carbonyl (C=O) groups is 1. The number of aliphatic carboxylic acids is 1. The highest BCUT2D eigenvalue weighted by Crippen LogP contribution is 2.14. The predicted octanol–water partition coefficient (Wildman–Crippen LogP) is 1.27. The fourth-order valence-corrected chi connectivity index (χ4v) is 2.77. The highest BCUT2D eigenvalue weighted by Gasteiger charge is 2.24. The standard InChI is InChI=1S/C10H13ClN2O4S/c1-2-3-9(10(14)15)13-18(16,17)8-4-7(11)5-12-6-8/h4-6,9,13H,2-3H2,1H3,(H,14,15). The van der Waals surface area contributed by atoms with Crippen molar-refractivity contribution >= 4 is 27.6 Å². The molecule has 6 nitrogen and oxygen atoms in total. The number of hydrogen-bond acceptors (Lipinski definition) is 4. The van der Waals surface area contributed by atoms with Crippen LogP contribution in [0.2, 0.25) is 5.02 Å². The number of carboxylic acids is 1. The summed E-state index contributed by atoms with van der Waals surface area (Å²) in [6.07, 6.45) is 3.16. The Balaban J connectivity index is 2.97. The van der Waals surface area contributed by atoms with Gasteiger partial charge < -0.3 is 5.11 Å². The molecular weight excluding hydrogens is 280 g/mol. The lowest BCUT2D eigenvalue weighted by molar-refractivity contribution is -0.139. The summed E-state index contributed by atoms with van der Waals surface area (Å²) in [4.78, 5) is 14.4. The van der Waals surface area contributed by atoms with Crippen molar-refractivity contribution in [2.75, 3.05) is 0 Å². The van der Waals surface area contributed by atoms with E-state index in [-0.39, 0.29) is 16.3 Å². The maximum atomic E-state index is 11.9. The highest BCUT2D eigenvalue weighted by atomic mass is 35.5. The molecule has 8 heteroatoms. The Morgan fingerprint density at radius 2 is 2.22 bits per heavy atom. The fraction of sp³-hybridized carbons (Fsp3) is 0.400. The first kappa shape index (κ1) is 14.9. The molecule has 0 radical (unpaired) electrons.